The molecule has 0 aromatic heterocycles. The fourth-order valence-electron chi connectivity index (χ4n) is 2.90. The van der Waals surface area contributed by atoms with Gasteiger partial charge in [0.05, 0.1) is 6.04 Å². The molecule has 110 valence electrons. The van der Waals surface area contributed by atoms with Gasteiger partial charge in [-0.3, -0.25) is 4.79 Å². The van der Waals surface area contributed by atoms with E-state index in [1.807, 2.05) is 23.1 Å². The van der Waals surface area contributed by atoms with Crippen LogP contribution in [0.2, 0.25) is 0 Å². The highest BCUT2D eigenvalue weighted by molar-refractivity contribution is 9.10. The molecule has 1 fully saturated rings. The van der Waals surface area contributed by atoms with Crippen molar-refractivity contribution >= 4 is 21.8 Å². The van der Waals surface area contributed by atoms with Gasteiger partial charge in [-0.25, -0.2) is 0 Å². The first-order valence-corrected chi connectivity index (χ1v) is 8.09. The van der Waals surface area contributed by atoms with E-state index < -0.39 is 0 Å². The van der Waals surface area contributed by atoms with E-state index in [1.54, 1.807) is 0 Å². The smallest absolute Gasteiger partial charge is 0.223 e. The third-order valence-electron chi connectivity index (χ3n) is 3.78. The van der Waals surface area contributed by atoms with Crippen LogP contribution in [0.4, 0.5) is 0 Å². The maximum Gasteiger partial charge on any atom is 0.223 e. The molecular weight excluding hydrogens is 316 g/mol. The van der Waals surface area contributed by atoms with Crippen molar-refractivity contribution in [2.45, 2.75) is 45.2 Å². The summed E-state index contributed by atoms with van der Waals surface area (Å²) < 4.78 is 1.03. The number of amides is 1. The highest BCUT2D eigenvalue weighted by Gasteiger charge is 2.33. The van der Waals surface area contributed by atoms with E-state index in [4.69, 9.17) is 5.73 Å². The van der Waals surface area contributed by atoms with E-state index in [1.165, 1.54) is 0 Å². The van der Waals surface area contributed by atoms with Crippen LogP contribution in [0.5, 0.6) is 0 Å². The van der Waals surface area contributed by atoms with Crippen molar-refractivity contribution in [1.82, 2.24) is 4.90 Å². The van der Waals surface area contributed by atoms with Crippen molar-refractivity contribution in [3.63, 3.8) is 0 Å². The second kappa shape index (κ2) is 6.72. The quantitative estimate of drug-likeness (QED) is 0.916. The van der Waals surface area contributed by atoms with Gasteiger partial charge in [0.25, 0.3) is 0 Å². The summed E-state index contributed by atoms with van der Waals surface area (Å²) in [6.07, 6.45) is 2.39. The Morgan fingerprint density at radius 1 is 1.40 bits per heavy atom. The van der Waals surface area contributed by atoms with Gasteiger partial charge in [-0.1, -0.05) is 48.0 Å². The van der Waals surface area contributed by atoms with Gasteiger partial charge in [-0.2, -0.15) is 0 Å². The number of nitrogens with two attached hydrogens (primary N) is 1. The second-order valence-electron chi connectivity index (χ2n) is 5.96. The molecular formula is C16H23BrN2O. The maximum atomic E-state index is 12.4. The summed E-state index contributed by atoms with van der Waals surface area (Å²) in [5.74, 6) is 0.668. The number of carbonyl (C=O) groups excluding carboxylic acids is 1. The van der Waals surface area contributed by atoms with Crippen LogP contribution in [-0.2, 0) is 4.79 Å². The van der Waals surface area contributed by atoms with E-state index in [2.05, 4.69) is 35.8 Å². The highest BCUT2D eigenvalue weighted by atomic mass is 79.9. The number of hydrogen-bond donors (Lipinski definition) is 1. The number of likely N-dealkylation sites (tertiary alicyclic amines) is 1. The maximum absolute atomic E-state index is 12.4. The molecule has 1 aromatic rings. The highest BCUT2D eigenvalue weighted by Crippen LogP contribution is 2.34. The number of rotatable bonds is 3. The lowest BCUT2D eigenvalue weighted by Gasteiger charge is -2.35. The minimum Gasteiger partial charge on any atom is -0.334 e. The standard InChI is InChI=1S/C16H23BrN2O/c1-11(2)10-19-15(20)9-5-8-14(18)16(19)12-6-3-4-7-13(12)17/h3-4,6-7,11,14,16H,5,8-10,18H2,1-2H3. The monoisotopic (exact) mass is 338 g/mol. The van der Waals surface area contributed by atoms with Crippen molar-refractivity contribution in [3.8, 4) is 0 Å². The van der Waals surface area contributed by atoms with Crippen LogP contribution in [-0.4, -0.2) is 23.4 Å². The van der Waals surface area contributed by atoms with Crippen LogP contribution in [0.25, 0.3) is 0 Å². The molecule has 1 saturated heterocycles. The largest absolute Gasteiger partial charge is 0.334 e. The van der Waals surface area contributed by atoms with Crippen LogP contribution < -0.4 is 5.73 Å². The number of hydrogen-bond acceptors (Lipinski definition) is 2. The summed E-state index contributed by atoms with van der Waals surface area (Å²) in [7, 11) is 0. The molecule has 0 bridgehead atoms. The van der Waals surface area contributed by atoms with Crippen molar-refractivity contribution in [3.05, 3.63) is 34.3 Å². The summed E-state index contributed by atoms with van der Waals surface area (Å²) in [5, 5.41) is 0. The van der Waals surface area contributed by atoms with Crippen LogP contribution in [0, 0.1) is 5.92 Å². The molecule has 1 heterocycles. The summed E-state index contributed by atoms with van der Waals surface area (Å²) in [4.78, 5) is 14.4. The van der Waals surface area contributed by atoms with Crippen LogP contribution in [0.15, 0.2) is 28.7 Å². The lowest BCUT2D eigenvalue weighted by Crippen LogP contribution is -2.44. The molecule has 1 aliphatic heterocycles. The van der Waals surface area contributed by atoms with Crippen LogP contribution >= 0.6 is 15.9 Å². The molecule has 3 nitrogen and oxygen atoms in total. The lowest BCUT2D eigenvalue weighted by atomic mass is 9.95. The normalized spacial score (nSPS) is 24.1. The Bertz CT molecular complexity index is 475. The molecule has 2 rings (SSSR count). The second-order valence-corrected chi connectivity index (χ2v) is 6.82. The topological polar surface area (TPSA) is 46.3 Å². The minimum absolute atomic E-state index is 0.00102. The Kier molecular flexibility index (Phi) is 5.22. The fourth-order valence-corrected chi connectivity index (χ4v) is 3.42. The van der Waals surface area contributed by atoms with Gasteiger partial charge in [0.1, 0.15) is 0 Å². The molecule has 2 N–H and O–H groups in total. The Hall–Kier alpha value is -0.870. The molecule has 4 heteroatoms. The molecule has 2 atom stereocenters. The molecule has 0 radical (unpaired) electrons. The average Bonchev–Trinajstić information content (AvgIpc) is 2.51. The fraction of sp³-hybridized carbons (Fsp3) is 0.562. The Morgan fingerprint density at radius 3 is 2.75 bits per heavy atom. The SMILES string of the molecule is CC(C)CN1C(=O)CCCC(N)C1c1ccccc1Br. The predicted molar refractivity (Wildman–Crippen MR) is 85.3 cm³/mol. The number of halogens is 1. The summed E-state index contributed by atoms with van der Waals surface area (Å²) >= 11 is 3.60. The molecule has 1 aliphatic rings. The van der Waals surface area contributed by atoms with Gasteiger partial charge in [0.15, 0.2) is 0 Å². The van der Waals surface area contributed by atoms with Crippen molar-refractivity contribution in [2.24, 2.45) is 11.7 Å². The lowest BCUT2D eigenvalue weighted by molar-refractivity contribution is -0.133. The Labute approximate surface area is 129 Å². The molecule has 1 aromatic carbocycles. The van der Waals surface area contributed by atoms with E-state index >= 15 is 0 Å². The third-order valence-corrected chi connectivity index (χ3v) is 4.50. The predicted octanol–water partition coefficient (Wildman–Crippen LogP) is 3.49. The first-order chi connectivity index (χ1) is 9.50. The van der Waals surface area contributed by atoms with Gasteiger partial charge < -0.3 is 10.6 Å². The third kappa shape index (κ3) is 3.41. The van der Waals surface area contributed by atoms with Crippen molar-refractivity contribution in [2.75, 3.05) is 6.54 Å². The first-order valence-electron chi connectivity index (χ1n) is 7.30. The van der Waals surface area contributed by atoms with E-state index in [9.17, 15) is 4.79 Å². The van der Waals surface area contributed by atoms with E-state index in [0.29, 0.717) is 12.3 Å². The van der Waals surface area contributed by atoms with E-state index in [-0.39, 0.29) is 18.0 Å². The molecule has 20 heavy (non-hydrogen) atoms. The van der Waals surface area contributed by atoms with Crippen LogP contribution in [0.1, 0.15) is 44.7 Å². The molecule has 0 spiro atoms. The Morgan fingerprint density at radius 2 is 2.10 bits per heavy atom. The zero-order chi connectivity index (χ0) is 14.7. The zero-order valence-electron chi connectivity index (χ0n) is 12.2. The molecule has 0 aliphatic carbocycles. The van der Waals surface area contributed by atoms with Gasteiger partial charge in [-0.05, 0) is 30.4 Å². The number of nitrogens with zero attached hydrogens (tertiary/aromatic N) is 1. The van der Waals surface area contributed by atoms with Gasteiger partial charge in [0.2, 0.25) is 5.91 Å². The van der Waals surface area contributed by atoms with Crippen molar-refractivity contribution < 1.29 is 4.79 Å². The van der Waals surface area contributed by atoms with Crippen LogP contribution in [0.3, 0.4) is 0 Å². The molecule has 0 saturated carbocycles. The van der Waals surface area contributed by atoms with E-state index in [0.717, 1.165) is 29.4 Å². The number of carbonyl (C=O) groups is 1. The van der Waals surface area contributed by atoms with Gasteiger partial charge >= 0.3 is 0 Å². The Balaban J connectivity index is 2.41. The van der Waals surface area contributed by atoms with Gasteiger partial charge in [-0.15, -0.1) is 0 Å². The van der Waals surface area contributed by atoms with Gasteiger partial charge in [0, 0.05) is 23.5 Å². The molecule has 2 unspecified atom stereocenters. The zero-order valence-corrected chi connectivity index (χ0v) is 13.8. The average molecular weight is 339 g/mol. The first kappa shape index (κ1) is 15.5. The van der Waals surface area contributed by atoms with Crippen molar-refractivity contribution in [1.29, 1.82) is 0 Å². The molecule has 1 amide bonds. The summed E-state index contributed by atoms with van der Waals surface area (Å²) in [6.45, 7) is 5.04. The summed E-state index contributed by atoms with van der Waals surface area (Å²) in [6, 6.07) is 8.06. The number of benzene rings is 1. The summed E-state index contributed by atoms with van der Waals surface area (Å²) in [5.41, 5.74) is 7.51. The minimum atomic E-state index is -0.0250.